The highest BCUT2D eigenvalue weighted by Gasteiger charge is 2.36. The summed E-state index contributed by atoms with van der Waals surface area (Å²) in [5.74, 6) is 1.38. The lowest BCUT2D eigenvalue weighted by atomic mass is 10.1. The Hall–Kier alpha value is -2.94. The third-order valence-corrected chi connectivity index (χ3v) is 5.55. The van der Waals surface area contributed by atoms with Crippen LogP contribution >= 0.6 is 15.9 Å². The molecule has 1 aromatic heterocycles. The topological polar surface area (TPSA) is 77.7 Å². The monoisotopic (exact) mass is 475 g/mol. The molecule has 1 saturated heterocycles. The minimum absolute atomic E-state index is 0.0758. The maximum Gasteiger partial charge on any atom is 0.249 e. The summed E-state index contributed by atoms with van der Waals surface area (Å²) in [5.41, 5.74) is 1.12. The second-order valence-corrected chi connectivity index (χ2v) is 7.75. The van der Waals surface area contributed by atoms with Crippen molar-refractivity contribution in [1.29, 1.82) is 0 Å². The third kappa shape index (κ3) is 3.89. The molecule has 1 fully saturated rings. The molecule has 1 atom stereocenters. The van der Waals surface area contributed by atoms with Gasteiger partial charge in [-0.1, -0.05) is 27.2 Å². The lowest BCUT2D eigenvalue weighted by Crippen LogP contribution is -2.27. The predicted octanol–water partition coefficient (Wildman–Crippen LogP) is 4.52. The molecule has 0 N–H and O–H groups in total. The lowest BCUT2D eigenvalue weighted by Gasteiger charge is -2.22. The van der Waals surface area contributed by atoms with Crippen LogP contribution in [0.2, 0.25) is 0 Å². The van der Waals surface area contributed by atoms with Crippen molar-refractivity contribution in [2.75, 3.05) is 14.2 Å². The molecule has 156 valence electrons. The van der Waals surface area contributed by atoms with Crippen molar-refractivity contribution in [3.05, 3.63) is 58.1 Å². The minimum Gasteiger partial charge on any atom is -0.493 e. The lowest BCUT2D eigenvalue weighted by molar-refractivity contribution is -0.130. The summed E-state index contributed by atoms with van der Waals surface area (Å²) in [7, 11) is 3.11. The first-order chi connectivity index (χ1) is 14.5. The number of carbonyl (C=O) groups excluding carboxylic acids is 1. The van der Waals surface area contributed by atoms with Crippen molar-refractivity contribution < 1.29 is 23.2 Å². The second-order valence-electron chi connectivity index (χ2n) is 6.84. The molecular formula is C21H19BrFN3O4. The van der Waals surface area contributed by atoms with E-state index < -0.39 is 6.04 Å². The number of ether oxygens (including phenoxy) is 2. The first-order valence-electron chi connectivity index (χ1n) is 9.29. The zero-order chi connectivity index (χ0) is 21.3. The van der Waals surface area contributed by atoms with E-state index in [0.717, 1.165) is 0 Å². The maximum absolute atomic E-state index is 14.3. The van der Waals surface area contributed by atoms with E-state index in [1.165, 1.54) is 6.07 Å². The summed E-state index contributed by atoms with van der Waals surface area (Å²) < 4.78 is 31.0. The average Bonchev–Trinajstić information content (AvgIpc) is 3.36. The number of carbonyl (C=O) groups is 1. The van der Waals surface area contributed by atoms with Crippen LogP contribution in [0, 0.1) is 5.82 Å². The Morgan fingerprint density at radius 2 is 2.00 bits per heavy atom. The summed E-state index contributed by atoms with van der Waals surface area (Å²) in [5, 5.41) is 4.06. The van der Waals surface area contributed by atoms with Gasteiger partial charge in [-0.2, -0.15) is 4.98 Å². The molecule has 0 radical (unpaired) electrons. The Bertz CT molecular complexity index is 1090. The molecule has 0 bridgehead atoms. The first kappa shape index (κ1) is 20.3. The fourth-order valence-corrected chi connectivity index (χ4v) is 3.82. The Morgan fingerprint density at radius 1 is 1.20 bits per heavy atom. The maximum atomic E-state index is 14.3. The molecule has 3 aromatic rings. The number of amides is 1. The number of likely N-dealkylation sites (tertiary alicyclic amines) is 1. The fraction of sp³-hybridized carbons (Fsp3) is 0.286. The molecule has 1 aliphatic rings. The average molecular weight is 476 g/mol. The van der Waals surface area contributed by atoms with Gasteiger partial charge in [-0.05, 0) is 36.8 Å². The van der Waals surface area contributed by atoms with Crippen molar-refractivity contribution in [1.82, 2.24) is 15.0 Å². The van der Waals surface area contributed by atoms with E-state index in [4.69, 9.17) is 14.0 Å². The highest BCUT2D eigenvalue weighted by molar-refractivity contribution is 9.10. The van der Waals surface area contributed by atoms with E-state index >= 15 is 0 Å². The van der Waals surface area contributed by atoms with Crippen molar-refractivity contribution >= 4 is 21.8 Å². The number of halogens is 2. The Labute approximate surface area is 180 Å². The van der Waals surface area contributed by atoms with E-state index in [9.17, 15) is 9.18 Å². The molecule has 0 spiro atoms. The van der Waals surface area contributed by atoms with Gasteiger partial charge >= 0.3 is 0 Å². The number of aromatic nitrogens is 2. The molecule has 0 saturated carbocycles. The van der Waals surface area contributed by atoms with Crippen LogP contribution in [0.5, 0.6) is 11.5 Å². The minimum atomic E-state index is -0.401. The van der Waals surface area contributed by atoms with Gasteiger partial charge in [0.15, 0.2) is 11.5 Å². The molecule has 1 aliphatic heterocycles. The van der Waals surface area contributed by atoms with Gasteiger partial charge in [0, 0.05) is 28.6 Å². The van der Waals surface area contributed by atoms with Crippen LogP contribution in [0.15, 0.2) is 45.4 Å². The van der Waals surface area contributed by atoms with E-state index in [0.29, 0.717) is 51.7 Å². The van der Waals surface area contributed by atoms with E-state index in [1.807, 2.05) is 0 Å². The van der Waals surface area contributed by atoms with Crippen LogP contribution in [0.3, 0.4) is 0 Å². The molecule has 1 unspecified atom stereocenters. The molecule has 30 heavy (non-hydrogen) atoms. The van der Waals surface area contributed by atoms with Gasteiger partial charge in [-0.15, -0.1) is 0 Å². The van der Waals surface area contributed by atoms with Crippen LogP contribution in [-0.4, -0.2) is 35.2 Å². The molecule has 0 aliphatic carbocycles. The van der Waals surface area contributed by atoms with Crippen molar-refractivity contribution in [2.45, 2.75) is 25.4 Å². The summed E-state index contributed by atoms with van der Waals surface area (Å²) in [6, 6.07) is 9.69. The first-order valence-corrected chi connectivity index (χ1v) is 10.1. The number of nitrogens with zero attached hydrogens (tertiary/aromatic N) is 3. The molecule has 9 heteroatoms. The van der Waals surface area contributed by atoms with Crippen LogP contribution in [0.4, 0.5) is 4.39 Å². The van der Waals surface area contributed by atoms with Gasteiger partial charge in [0.1, 0.15) is 11.9 Å². The molecular weight excluding hydrogens is 457 g/mol. The van der Waals surface area contributed by atoms with E-state index in [2.05, 4.69) is 26.1 Å². The van der Waals surface area contributed by atoms with Crippen molar-refractivity contribution in [3.63, 3.8) is 0 Å². The van der Waals surface area contributed by atoms with Crippen LogP contribution in [-0.2, 0) is 11.3 Å². The smallest absolute Gasteiger partial charge is 0.249 e. The SMILES string of the molecule is COc1ccc(-c2noc(C3CCC(=O)N3Cc3ccc(Br)cc3F)n2)cc1OC. The second kappa shape index (κ2) is 8.43. The Balaban J connectivity index is 1.59. The summed E-state index contributed by atoms with van der Waals surface area (Å²) in [6.45, 7) is 0.136. The van der Waals surface area contributed by atoms with Gasteiger partial charge < -0.3 is 18.9 Å². The Morgan fingerprint density at radius 3 is 2.73 bits per heavy atom. The molecule has 2 heterocycles. The highest BCUT2D eigenvalue weighted by atomic mass is 79.9. The summed E-state index contributed by atoms with van der Waals surface area (Å²) >= 11 is 3.24. The summed E-state index contributed by atoms with van der Waals surface area (Å²) in [4.78, 5) is 18.5. The van der Waals surface area contributed by atoms with Gasteiger partial charge in [-0.3, -0.25) is 4.79 Å². The Kier molecular flexibility index (Phi) is 5.72. The zero-order valence-electron chi connectivity index (χ0n) is 16.4. The van der Waals surface area contributed by atoms with Crippen LogP contribution < -0.4 is 9.47 Å². The number of benzene rings is 2. The van der Waals surface area contributed by atoms with E-state index in [1.54, 1.807) is 49.5 Å². The molecule has 7 nitrogen and oxygen atoms in total. The summed E-state index contributed by atoms with van der Waals surface area (Å²) in [6.07, 6.45) is 0.876. The number of methoxy groups -OCH3 is 2. The van der Waals surface area contributed by atoms with E-state index in [-0.39, 0.29) is 18.3 Å². The van der Waals surface area contributed by atoms with Crippen LogP contribution in [0.25, 0.3) is 11.4 Å². The standard InChI is InChI=1S/C21H19BrFN3O4/c1-28-17-7-4-12(9-18(17)29-2)20-24-21(30-25-20)16-6-8-19(27)26(16)11-13-3-5-14(22)10-15(13)23/h3-5,7,9-10,16H,6,8,11H2,1-2H3. The van der Waals surface area contributed by atoms with Gasteiger partial charge in [-0.25, -0.2) is 4.39 Å². The number of hydrogen-bond acceptors (Lipinski definition) is 6. The van der Waals surface area contributed by atoms with Gasteiger partial charge in [0.05, 0.1) is 14.2 Å². The van der Waals surface area contributed by atoms with Gasteiger partial charge in [0.2, 0.25) is 17.6 Å². The zero-order valence-corrected chi connectivity index (χ0v) is 18.0. The molecule has 2 aromatic carbocycles. The van der Waals surface area contributed by atoms with Crippen molar-refractivity contribution in [3.8, 4) is 22.9 Å². The highest BCUT2D eigenvalue weighted by Crippen LogP contribution is 2.36. The molecule has 1 amide bonds. The van der Waals surface area contributed by atoms with Crippen molar-refractivity contribution in [2.24, 2.45) is 0 Å². The quantitative estimate of drug-likeness (QED) is 0.521. The fourth-order valence-electron chi connectivity index (χ4n) is 3.49. The predicted molar refractivity (Wildman–Crippen MR) is 109 cm³/mol. The van der Waals surface area contributed by atoms with Crippen LogP contribution in [0.1, 0.15) is 30.3 Å². The number of hydrogen-bond donors (Lipinski definition) is 0. The molecule has 4 rings (SSSR count). The van der Waals surface area contributed by atoms with Gasteiger partial charge in [0.25, 0.3) is 0 Å². The normalized spacial score (nSPS) is 16.2. The number of rotatable bonds is 6. The largest absolute Gasteiger partial charge is 0.493 e. The third-order valence-electron chi connectivity index (χ3n) is 5.05.